The van der Waals surface area contributed by atoms with Crippen molar-refractivity contribution in [1.29, 1.82) is 0 Å². The Morgan fingerprint density at radius 1 is 1.57 bits per heavy atom. The number of methoxy groups -OCH3 is 1. The van der Waals surface area contributed by atoms with Crippen LogP contribution in [0.3, 0.4) is 0 Å². The van der Waals surface area contributed by atoms with Crippen LogP contribution in [0.15, 0.2) is 18.2 Å². The fourth-order valence-corrected chi connectivity index (χ4v) is 1.11. The molecule has 0 spiro atoms. The monoisotopic (exact) mass is 196 g/mol. The molecule has 14 heavy (non-hydrogen) atoms. The minimum Gasteiger partial charge on any atom is -0.495 e. The molecule has 0 aliphatic rings. The summed E-state index contributed by atoms with van der Waals surface area (Å²) in [6.45, 7) is 2.23. The average Bonchev–Trinajstić information content (AvgIpc) is 2.15. The molecule has 0 radical (unpaired) electrons. The number of nitrogen functional groups attached to an aromatic ring is 1. The first-order chi connectivity index (χ1) is 6.63. The van der Waals surface area contributed by atoms with Crippen molar-refractivity contribution in [3.05, 3.63) is 18.2 Å². The molecule has 1 aromatic rings. The van der Waals surface area contributed by atoms with Crippen molar-refractivity contribution < 1.29 is 9.84 Å². The summed E-state index contributed by atoms with van der Waals surface area (Å²) < 4.78 is 5.02. The van der Waals surface area contributed by atoms with E-state index in [-0.39, 0.29) is 6.10 Å². The van der Waals surface area contributed by atoms with Crippen LogP contribution < -0.4 is 15.8 Å². The van der Waals surface area contributed by atoms with Crippen LogP contribution in [0.25, 0.3) is 0 Å². The van der Waals surface area contributed by atoms with Crippen LogP contribution in [0.4, 0.5) is 11.4 Å². The number of nitrogens with one attached hydrogen (secondary N) is 1. The minimum absolute atomic E-state index is 0.377. The SMILES string of the molecule is COc1ccc(NCC(C)O)cc1N. The largest absolute Gasteiger partial charge is 0.495 e. The van der Waals surface area contributed by atoms with Crippen LogP contribution in [0.2, 0.25) is 0 Å². The van der Waals surface area contributed by atoms with E-state index < -0.39 is 0 Å². The van der Waals surface area contributed by atoms with Gasteiger partial charge in [0.05, 0.1) is 18.9 Å². The molecule has 0 saturated carbocycles. The lowest BCUT2D eigenvalue weighted by Crippen LogP contribution is -2.15. The first-order valence-electron chi connectivity index (χ1n) is 4.49. The highest BCUT2D eigenvalue weighted by Crippen LogP contribution is 2.24. The van der Waals surface area contributed by atoms with Crippen LogP contribution in [0.5, 0.6) is 5.75 Å². The lowest BCUT2D eigenvalue weighted by Gasteiger charge is -2.10. The third-order valence-corrected chi connectivity index (χ3v) is 1.83. The van der Waals surface area contributed by atoms with Crippen molar-refractivity contribution in [1.82, 2.24) is 0 Å². The fraction of sp³-hybridized carbons (Fsp3) is 0.400. The summed E-state index contributed by atoms with van der Waals surface area (Å²) in [5.74, 6) is 0.660. The number of rotatable bonds is 4. The van der Waals surface area contributed by atoms with Gasteiger partial charge in [0, 0.05) is 12.2 Å². The molecule has 0 aliphatic carbocycles. The molecule has 4 nitrogen and oxygen atoms in total. The van der Waals surface area contributed by atoms with Gasteiger partial charge in [-0.05, 0) is 25.1 Å². The summed E-state index contributed by atoms with van der Waals surface area (Å²) in [6, 6.07) is 5.43. The van der Waals surface area contributed by atoms with Crippen molar-refractivity contribution in [2.24, 2.45) is 0 Å². The Kier molecular flexibility index (Phi) is 3.59. The molecule has 0 amide bonds. The second-order valence-corrected chi connectivity index (χ2v) is 3.19. The highest BCUT2D eigenvalue weighted by molar-refractivity contribution is 5.62. The zero-order valence-corrected chi connectivity index (χ0v) is 8.45. The van der Waals surface area contributed by atoms with E-state index in [1.165, 1.54) is 0 Å². The molecule has 78 valence electrons. The van der Waals surface area contributed by atoms with E-state index >= 15 is 0 Å². The van der Waals surface area contributed by atoms with Gasteiger partial charge in [0.25, 0.3) is 0 Å². The van der Waals surface area contributed by atoms with Crippen LogP contribution in [0.1, 0.15) is 6.92 Å². The summed E-state index contributed by atoms with van der Waals surface area (Å²) in [5.41, 5.74) is 7.18. The predicted octanol–water partition coefficient (Wildman–Crippen LogP) is 1.07. The first kappa shape index (κ1) is 10.7. The molecule has 0 saturated heterocycles. The summed E-state index contributed by atoms with van der Waals surface area (Å²) in [6.07, 6.45) is -0.377. The molecular formula is C10H16N2O2. The van der Waals surface area contributed by atoms with Crippen LogP contribution in [-0.4, -0.2) is 24.9 Å². The Balaban J connectivity index is 2.66. The van der Waals surface area contributed by atoms with Crippen LogP contribution in [-0.2, 0) is 0 Å². The number of hydrogen-bond acceptors (Lipinski definition) is 4. The lowest BCUT2D eigenvalue weighted by molar-refractivity contribution is 0.208. The number of anilines is 2. The van der Waals surface area contributed by atoms with Gasteiger partial charge < -0.3 is 20.9 Å². The van der Waals surface area contributed by atoms with E-state index in [1.54, 1.807) is 26.2 Å². The topological polar surface area (TPSA) is 67.5 Å². The predicted molar refractivity (Wildman–Crippen MR) is 57.6 cm³/mol. The van der Waals surface area contributed by atoms with E-state index in [1.807, 2.05) is 6.07 Å². The molecule has 0 bridgehead atoms. The maximum Gasteiger partial charge on any atom is 0.141 e. The van der Waals surface area contributed by atoms with Gasteiger partial charge in [0.1, 0.15) is 5.75 Å². The van der Waals surface area contributed by atoms with Crippen molar-refractivity contribution in [3.8, 4) is 5.75 Å². The highest BCUT2D eigenvalue weighted by atomic mass is 16.5. The Hall–Kier alpha value is -1.42. The maximum atomic E-state index is 9.07. The highest BCUT2D eigenvalue weighted by Gasteiger charge is 2.01. The van der Waals surface area contributed by atoms with Crippen molar-refractivity contribution in [3.63, 3.8) is 0 Å². The first-order valence-corrected chi connectivity index (χ1v) is 4.49. The number of ether oxygens (including phenoxy) is 1. The third kappa shape index (κ3) is 2.81. The normalized spacial score (nSPS) is 12.2. The van der Waals surface area contributed by atoms with Gasteiger partial charge in [0.15, 0.2) is 0 Å². The maximum absolute atomic E-state index is 9.07. The fourth-order valence-electron chi connectivity index (χ4n) is 1.11. The number of aliphatic hydroxyl groups excluding tert-OH is 1. The standard InChI is InChI=1S/C10H16N2O2/c1-7(13)6-12-8-3-4-10(14-2)9(11)5-8/h3-5,7,12-13H,6,11H2,1-2H3. The molecule has 0 aliphatic heterocycles. The van der Waals surface area contributed by atoms with Gasteiger partial charge in [-0.3, -0.25) is 0 Å². The quantitative estimate of drug-likeness (QED) is 0.630. The summed E-state index contributed by atoms with van der Waals surface area (Å²) in [4.78, 5) is 0. The van der Waals surface area contributed by atoms with Crippen molar-refractivity contribution >= 4 is 11.4 Å². The van der Waals surface area contributed by atoms with E-state index in [0.717, 1.165) is 5.69 Å². The van der Waals surface area contributed by atoms with E-state index in [2.05, 4.69) is 5.32 Å². The van der Waals surface area contributed by atoms with Gasteiger partial charge in [-0.15, -0.1) is 0 Å². The third-order valence-electron chi connectivity index (χ3n) is 1.83. The van der Waals surface area contributed by atoms with Crippen LogP contribution in [0, 0.1) is 0 Å². The van der Waals surface area contributed by atoms with E-state index in [0.29, 0.717) is 18.0 Å². The zero-order valence-electron chi connectivity index (χ0n) is 8.45. The summed E-state index contributed by atoms with van der Waals surface area (Å²) in [5, 5.41) is 12.1. The average molecular weight is 196 g/mol. The Morgan fingerprint density at radius 2 is 2.29 bits per heavy atom. The van der Waals surface area contributed by atoms with Crippen LogP contribution >= 0.6 is 0 Å². The molecule has 0 heterocycles. The number of hydrogen-bond donors (Lipinski definition) is 3. The molecule has 0 aromatic heterocycles. The van der Waals surface area contributed by atoms with Gasteiger partial charge in [-0.25, -0.2) is 0 Å². The molecule has 1 atom stereocenters. The Labute approximate surface area is 83.7 Å². The van der Waals surface area contributed by atoms with Gasteiger partial charge >= 0.3 is 0 Å². The Bertz CT molecular complexity index is 300. The molecule has 1 rings (SSSR count). The van der Waals surface area contributed by atoms with Gasteiger partial charge in [-0.2, -0.15) is 0 Å². The summed E-state index contributed by atoms with van der Waals surface area (Å²) in [7, 11) is 1.58. The van der Waals surface area contributed by atoms with Gasteiger partial charge in [-0.1, -0.05) is 0 Å². The second-order valence-electron chi connectivity index (χ2n) is 3.19. The molecular weight excluding hydrogens is 180 g/mol. The smallest absolute Gasteiger partial charge is 0.141 e. The molecule has 4 heteroatoms. The number of aliphatic hydroxyl groups is 1. The zero-order chi connectivity index (χ0) is 10.6. The second kappa shape index (κ2) is 4.72. The number of benzene rings is 1. The lowest BCUT2D eigenvalue weighted by atomic mass is 10.2. The van der Waals surface area contributed by atoms with E-state index in [4.69, 9.17) is 15.6 Å². The molecule has 1 unspecified atom stereocenters. The summed E-state index contributed by atoms with van der Waals surface area (Å²) >= 11 is 0. The molecule has 1 aromatic carbocycles. The van der Waals surface area contributed by atoms with E-state index in [9.17, 15) is 0 Å². The molecule has 0 fully saturated rings. The van der Waals surface area contributed by atoms with Crippen molar-refractivity contribution in [2.45, 2.75) is 13.0 Å². The number of nitrogens with two attached hydrogens (primary N) is 1. The molecule has 4 N–H and O–H groups in total. The Morgan fingerprint density at radius 3 is 2.79 bits per heavy atom. The minimum atomic E-state index is -0.377. The van der Waals surface area contributed by atoms with Crippen molar-refractivity contribution in [2.75, 3.05) is 24.7 Å². The van der Waals surface area contributed by atoms with Gasteiger partial charge in [0.2, 0.25) is 0 Å².